The molecule has 2 rings (SSSR count). The maximum absolute atomic E-state index is 6.33. The van der Waals surface area contributed by atoms with Crippen LogP contribution in [0.15, 0.2) is 48.5 Å². The fourth-order valence-electron chi connectivity index (χ4n) is 2.34. The van der Waals surface area contributed by atoms with Crippen LogP contribution in [-0.2, 0) is 6.42 Å². The molecule has 0 fully saturated rings. The predicted octanol–water partition coefficient (Wildman–Crippen LogP) is 4.42. The van der Waals surface area contributed by atoms with E-state index in [1.807, 2.05) is 12.1 Å². The predicted molar refractivity (Wildman–Crippen MR) is 88.7 cm³/mol. The van der Waals surface area contributed by atoms with Gasteiger partial charge in [0.25, 0.3) is 0 Å². The van der Waals surface area contributed by atoms with E-state index in [0.717, 1.165) is 37.2 Å². The van der Waals surface area contributed by atoms with Crippen LogP contribution in [0, 0.1) is 6.92 Å². The molecule has 2 nitrogen and oxygen atoms in total. The monoisotopic (exact) mass is 283 g/mol. The average Bonchev–Trinajstić information content (AvgIpc) is 2.50. The molecule has 0 amide bonds. The van der Waals surface area contributed by atoms with Crippen molar-refractivity contribution in [1.82, 2.24) is 0 Å². The molecule has 1 unspecified atom stereocenters. The van der Waals surface area contributed by atoms with E-state index in [1.54, 1.807) is 0 Å². The van der Waals surface area contributed by atoms with E-state index in [1.165, 1.54) is 11.1 Å². The number of benzene rings is 2. The van der Waals surface area contributed by atoms with E-state index in [4.69, 9.17) is 10.5 Å². The quantitative estimate of drug-likeness (QED) is 0.764. The third kappa shape index (κ3) is 4.61. The normalized spacial score (nSPS) is 12.1. The maximum atomic E-state index is 6.33. The fourth-order valence-corrected chi connectivity index (χ4v) is 2.34. The van der Waals surface area contributed by atoms with Gasteiger partial charge in [-0.1, -0.05) is 49.7 Å². The minimum atomic E-state index is 0.0239. The van der Waals surface area contributed by atoms with Crippen molar-refractivity contribution in [2.75, 3.05) is 6.61 Å². The Morgan fingerprint density at radius 1 is 1.05 bits per heavy atom. The number of hydrogen-bond donors (Lipinski definition) is 1. The van der Waals surface area contributed by atoms with Gasteiger partial charge in [-0.25, -0.2) is 0 Å². The van der Waals surface area contributed by atoms with E-state index < -0.39 is 0 Å². The third-order valence-electron chi connectivity index (χ3n) is 3.78. The molecule has 0 aromatic heterocycles. The highest BCUT2D eigenvalue weighted by Gasteiger charge is 2.08. The molecule has 0 heterocycles. The fraction of sp³-hybridized carbons (Fsp3) is 0.368. The number of nitrogens with two attached hydrogens (primary N) is 1. The van der Waals surface area contributed by atoms with Crippen molar-refractivity contribution in [3.63, 3.8) is 0 Å². The van der Waals surface area contributed by atoms with Crippen LogP contribution in [0.1, 0.15) is 42.5 Å². The Bertz CT molecular complexity index is 548. The largest absolute Gasteiger partial charge is 0.494 e. The Balaban J connectivity index is 1.96. The smallest absolute Gasteiger partial charge is 0.119 e. The van der Waals surface area contributed by atoms with Gasteiger partial charge in [0, 0.05) is 6.04 Å². The summed E-state index contributed by atoms with van der Waals surface area (Å²) in [4.78, 5) is 0. The number of aryl methyl sites for hydroxylation is 1. The van der Waals surface area contributed by atoms with Crippen molar-refractivity contribution in [3.8, 4) is 5.75 Å². The molecule has 0 spiro atoms. The topological polar surface area (TPSA) is 35.2 Å². The summed E-state index contributed by atoms with van der Waals surface area (Å²) in [5.41, 5.74) is 10.1. The summed E-state index contributed by atoms with van der Waals surface area (Å²) in [6, 6.07) is 16.6. The molecule has 2 aromatic carbocycles. The van der Waals surface area contributed by atoms with Gasteiger partial charge in [-0.15, -0.1) is 0 Å². The highest BCUT2D eigenvalue weighted by molar-refractivity contribution is 5.32. The molecule has 0 aliphatic heterocycles. The van der Waals surface area contributed by atoms with Gasteiger partial charge in [0.2, 0.25) is 0 Å². The Morgan fingerprint density at radius 2 is 1.76 bits per heavy atom. The van der Waals surface area contributed by atoms with Crippen LogP contribution >= 0.6 is 0 Å². The lowest BCUT2D eigenvalue weighted by Crippen LogP contribution is -2.13. The second-order valence-electron chi connectivity index (χ2n) is 5.51. The SMILES string of the molecule is CCCCOc1ccc(C(N)Cc2ccccc2C)cc1. The summed E-state index contributed by atoms with van der Waals surface area (Å²) >= 11 is 0. The summed E-state index contributed by atoms with van der Waals surface area (Å²) in [5, 5.41) is 0. The Hall–Kier alpha value is -1.80. The van der Waals surface area contributed by atoms with Gasteiger partial charge in [-0.2, -0.15) is 0 Å². The third-order valence-corrected chi connectivity index (χ3v) is 3.78. The minimum absolute atomic E-state index is 0.0239. The van der Waals surface area contributed by atoms with Gasteiger partial charge in [-0.3, -0.25) is 0 Å². The molecule has 0 aliphatic carbocycles. The molecule has 1 atom stereocenters. The van der Waals surface area contributed by atoms with Gasteiger partial charge < -0.3 is 10.5 Å². The van der Waals surface area contributed by atoms with E-state index in [-0.39, 0.29) is 6.04 Å². The molecule has 0 bridgehead atoms. The second-order valence-corrected chi connectivity index (χ2v) is 5.51. The Morgan fingerprint density at radius 3 is 2.43 bits per heavy atom. The molecule has 0 aliphatic rings. The number of hydrogen-bond acceptors (Lipinski definition) is 2. The lowest BCUT2D eigenvalue weighted by atomic mass is 9.97. The first-order chi connectivity index (χ1) is 10.2. The molecule has 0 radical (unpaired) electrons. The number of rotatable bonds is 7. The lowest BCUT2D eigenvalue weighted by Gasteiger charge is -2.14. The van der Waals surface area contributed by atoms with Crippen molar-refractivity contribution < 1.29 is 4.74 Å². The number of unbranched alkanes of at least 4 members (excludes halogenated alkanes) is 1. The van der Waals surface area contributed by atoms with Gasteiger partial charge >= 0.3 is 0 Å². The van der Waals surface area contributed by atoms with E-state index in [2.05, 4.69) is 50.2 Å². The molecule has 21 heavy (non-hydrogen) atoms. The van der Waals surface area contributed by atoms with E-state index >= 15 is 0 Å². The van der Waals surface area contributed by atoms with Crippen LogP contribution in [0.4, 0.5) is 0 Å². The van der Waals surface area contributed by atoms with Gasteiger partial charge in [0.15, 0.2) is 0 Å². The zero-order valence-corrected chi connectivity index (χ0v) is 13.0. The van der Waals surface area contributed by atoms with Gasteiger partial charge in [-0.05, 0) is 48.6 Å². The van der Waals surface area contributed by atoms with E-state index in [9.17, 15) is 0 Å². The molecular formula is C19H25NO. The minimum Gasteiger partial charge on any atom is -0.494 e. The van der Waals surface area contributed by atoms with Crippen molar-refractivity contribution >= 4 is 0 Å². The van der Waals surface area contributed by atoms with Crippen molar-refractivity contribution in [2.24, 2.45) is 5.73 Å². The van der Waals surface area contributed by atoms with Crippen LogP contribution in [0.3, 0.4) is 0 Å². The van der Waals surface area contributed by atoms with Crippen molar-refractivity contribution in [3.05, 3.63) is 65.2 Å². The first-order valence-corrected chi connectivity index (χ1v) is 7.73. The molecule has 0 saturated heterocycles. The van der Waals surface area contributed by atoms with Crippen molar-refractivity contribution in [1.29, 1.82) is 0 Å². The number of ether oxygens (including phenoxy) is 1. The molecule has 2 N–H and O–H groups in total. The van der Waals surface area contributed by atoms with Gasteiger partial charge in [0.05, 0.1) is 6.61 Å². The maximum Gasteiger partial charge on any atom is 0.119 e. The average molecular weight is 283 g/mol. The summed E-state index contributed by atoms with van der Waals surface area (Å²) in [6.07, 6.45) is 3.11. The van der Waals surface area contributed by atoms with Crippen LogP contribution < -0.4 is 10.5 Å². The van der Waals surface area contributed by atoms with Gasteiger partial charge in [0.1, 0.15) is 5.75 Å². The highest BCUT2D eigenvalue weighted by Crippen LogP contribution is 2.21. The molecule has 0 saturated carbocycles. The summed E-state index contributed by atoms with van der Waals surface area (Å²) in [7, 11) is 0. The van der Waals surface area contributed by atoms with Crippen LogP contribution in [0.25, 0.3) is 0 Å². The Kier molecular flexibility index (Phi) is 5.82. The summed E-state index contributed by atoms with van der Waals surface area (Å²) < 4.78 is 5.68. The molecular weight excluding hydrogens is 258 g/mol. The summed E-state index contributed by atoms with van der Waals surface area (Å²) in [5.74, 6) is 0.926. The molecule has 2 aromatic rings. The van der Waals surface area contributed by atoms with Crippen molar-refractivity contribution in [2.45, 2.75) is 39.2 Å². The Labute approximate surface area is 127 Å². The second kappa shape index (κ2) is 7.84. The highest BCUT2D eigenvalue weighted by atomic mass is 16.5. The van der Waals surface area contributed by atoms with E-state index in [0.29, 0.717) is 0 Å². The first kappa shape index (κ1) is 15.6. The molecule has 2 heteroatoms. The van der Waals surface area contributed by atoms with Crippen LogP contribution in [0.2, 0.25) is 0 Å². The first-order valence-electron chi connectivity index (χ1n) is 7.73. The van der Waals surface area contributed by atoms with Crippen LogP contribution in [-0.4, -0.2) is 6.61 Å². The van der Waals surface area contributed by atoms with Crippen LogP contribution in [0.5, 0.6) is 5.75 Å². The molecule has 112 valence electrons. The lowest BCUT2D eigenvalue weighted by molar-refractivity contribution is 0.309. The zero-order valence-electron chi connectivity index (χ0n) is 13.0. The standard InChI is InChI=1S/C19H25NO/c1-3-4-13-21-18-11-9-16(10-12-18)19(20)14-17-8-6-5-7-15(17)2/h5-12,19H,3-4,13-14,20H2,1-2H3. The zero-order chi connectivity index (χ0) is 15.1. The summed E-state index contributed by atoms with van der Waals surface area (Å²) in [6.45, 7) is 5.08.